The summed E-state index contributed by atoms with van der Waals surface area (Å²) in [5.41, 5.74) is 0.306. The molecule has 1 aromatic carbocycles. The SMILES string of the molecule is COc1c(N2CCNC(C)C2)cc(O)c2c1NC(=O)C(C(=O)O)C2=O. The highest BCUT2D eigenvalue weighted by Crippen LogP contribution is 2.46. The largest absolute Gasteiger partial charge is 0.507 e. The Morgan fingerprint density at radius 1 is 1.40 bits per heavy atom. The molecule has 0 bridgehead atoms. The van der Waals surface area contributed by atoms with Crippen LogP contribution in [-0.2, 0) is 9.59 Å². The van der Waals surface area contributed by atoms with Gasteiger partial charge >= 0.3 is 5.97 Å². The molecule has 4 N–H and O–H groups in total. The summed E-state index contributed by atoms with van der Waals surface area (Å²) in [7, 11) is 1.39. The van der Waals surface area contributed by atoms with Crippen molar-refractivity contribution in [1.29, 1.82) is 0 Å². The van der Waals surface area contributed by atoms with Gasteiger partial charge in [0.1, 0.15) is 11.4 Å². The molecular formula is C16H19N3O6. The second-order valence-corrected chi connectivity index (χ2v) is 6.12. The van der Waals surface area contributed by atoms with Gasteiger partial charge < -0.3 is 30.5 Å². The lowest BCUT2D eigenvalue weighted by Crippen LogP contribution is -2.49. The topological polar surface area (TPSA) is 128 Å². The number of carboxylic acids is 1. The van der Waals surface area contributed by atoms with Crippen LogP contribution < -0.4 is 20.3 Å². The number of aromatic hydroxyl groups is 1. The molecule has 1 fully saturated rings. The number of nitrogens with one attached hydrogen (secondary N) is 2. The van der Waals surface area contributed by atoms with Gasteiger partial charge in [-0.15, -0.1) is 0 Å². The van der Waals surface area contributed by atoms with Crippen molar-refractivity contribution >= 4 is 29.0 Å². The Bertz CT molecular complexity index is 763. The maximum atomic E-state index is 12.4. The van der Waals surface area contributed by atoms with E-state index in [9.17, 15) is 19.5 Å². The standard InChI is InChI=1S/C16H19N3O6/c1-7-6-19(4-3-17-7)8-5-9(20)10-12(14(8)25-2)18-15(22)11(13(10)21)16(23)24/h5,7,11,17,20H,3-4,6H2,1-2H3,(H,18,22)(H,23,24). The number of piperazine rings is 1. The summed E-state index contributed by atoms with van der Waals surface area (Å²) >= 11 is 0. The molecule has 1 amide bonds. The van der Waals surface area contributed by atoms with Gasteiger partial charge in [0.25, 0.3) is 0 Å². The Morgan fingerprint density at radius 3 is 2.72 bits per heavy atom. The van der Waals surface area contributed by atoms with E-state index in [0.717, 1.165) is 6.54 Å². The minimum atomic E-state index is -1.88. The first-order chi connectivity index (χ1) is 11.8. The number of carbonyl (C=O) groups excluding carboxylic acids is 2. The smallest absolute Gasteiger partial charge is 0.324 e. The molecule has 3 rings (SSSR count). The molecule has 2 aliphatic heterocycles. The van der Waals surface area contributed by atoms with Crippen LogP contribution in [0.3, 0.4) is 0 Å². The molecule has 0 saturated carbocycles. The van der Waals surface area contributed by atoms with E-state index in [1.54, 1.807) is 0 Å². The molecular weight excluding hydrogens is 330 g/mol. The lowest BCUT2D eigenvalue weighted by atomic mass is 9.90. The number of nitrogens with zero attached hydrogens (tertiary/aromatic N) is 1. The average molecular weight is 349 g/mol. The number of aliphatic carboxylic acids is 1. The van der Waals surface area contributed by atoms with Crippen molar-refractivity contribution in [2.75, 3.05) is 37.0 Å². The number of rotatable bonds is 3. The van der Waals surface area contributed by atoms with Crippen molar-refractivity contribution < 1.29 is 29.3 Å². The van der Waals surface area contributed by atoms with Gasteiger partial charge in [-0.1, -0.05) is 0 Å². The number of carboxylic acid groups (broad SMARTS) is 1. The summed E-state index contributed by atoms with van der Waals surface area (Å²) in [5, 5.41) is 25.1. The van der Waals surface area contributed by atoms with Crippen LogP contribution in [0.5, 0.6) is 11.5 Å². The first-order valence-corrected chi connectivity index (χ1v) is 7.85. The van der Waals surface area contributed by atoms with Crippen LogP contribution in [0, 0.1) is 5.92 Å². The van der Waals surface area contributed by atoms with E-state index in [4.69, 9.17) is 9.84 Å². The Morgan fingerprint density at radius 2 is 2.12 bits per heavy atom. The number of phenolic OH excluding ortho intramolecular Hbond substituents is 1. The summed E-state index contributed by atoms with van der Waals surface area (Å²) < 4.78 is 5.39. The molecule has 1 saturated heterocycles. The molecule has 0 aromatic heterocycles. The zero-order chi connectivity index (χ0) is 18.3. The third-order valence-electron chi connectivity index (χ3n) is 4.42. The third-order valence-corrected chi connectivity index (χ3v) is 4.42. The minimum absolute atomic E-state index is 0.0104. The number of amides is 1. The Kier molecular flexibility index (Phi) is 4.25. The highest BCUT2D eigenvalue weighted by atomic mass is 16.5. The predicted molar refractivity (Wildman–Crippen MR) is 88.4 cm³/mol. The summed E-state index contributed by atoms with van der Waals surface area (Å²) in [6.07, 6.45) is 0. The van der Waals surface area contributed by atoms with E-state index in [-0.39, 0.29) is 28.8 Å². The van der Waals surface area contributed by atoms with E-state index < -0.39 is 23.6 Å². The fourth-order valence-electron chi connectivity index (χ4n) is 3.28. The van der Waals surface area contributed by atoms with Crippen molar-refractivity contribution in [1.82, 2.24) is 5.32 Å². The fraction of sp³-hybridized carbons (Fsp3) is 0.438. The van der Waals surface area contributed by atoms with Crippen LogP contribution in [0.25, 0.3) is 0 Å². The molecule has 2 heterocycles. The number of carbonyl (C=O) groups is 3. The van der Waals surface area contributed by atoms with Crippen LogP contribution in [-0.4, -0.2) is 60.7 Å². The number of ether oxygens (including phenoxy) is 1. The van der Waals surface area contributed by atoms with E-state index in [1.807, 2.05) is 11.8 Å². The van der Waals surface area contributed by atoms with Crippen LogP contribution in [0.2, 0.25) is 0 Å². The maximum absolute atomic E-state index is 12.4. The molecule has 2 aliphatic rings. The number of Topliss-reactive ketones (excluding diaryl/α,β-unsaturated/α-hetero) is 1. The number of hydrogen-bond acceptors (Lipinski definition) is 7. The summed E-state index contributed by atoms with van der Waals surface area (Å²) in [6.45, 7) is 4.04. The molecule has 0 aliphatic carbocycles. The summed E-state index contributed by atoms with van der Waals surface area (Å²) in [6, 6.07) is 1.59. The molecule has 0 spiro atoms. The van der Waals surface area contributed by atoms with Gasteiger partial charge in [0.15, 0.2) is 17.5 Å². The zero-order valence-electron chi connectivity index (χ0n) is 13.8. The number of fused-ring (bicyclic) bond motifs is 1. The monoisotopic (exact) mass is 349 g/mol. The Balaban J connectivity index is 2.13. The molecule has 9 nitrogen and oxygen atoms in total. The number of benzene rings is 1. The van der Waals surface area contributed by atoms with Crippen LogP contribution in [0.1, 0.15) is 17.3 Å². The number of phenols is 1. The Hall–Kier alpha value is -2.81. The maximum Gasteiger partial charge on any atom is 0.324 e. The van der Waals surface area contributed by atoms with Gasteiger partial charge in [0.2, 0.25) is 5.91 Å². The molecule has 25 heavy (non-hydrogen) atoms. The fourth-order valence-corrected chi connectivity index (χ4v) is 3.28. The second-order valence-electron chi connectivity index (χ2n) is 6.12. The second kappa shape index (κ2) is 6.25. The number of ketones is 1. The van der Waals surface area contributed by atoms with Gasteiger partial charge in [-0.05, 0) is 6.92 Å². The number of hydrogen-bond donors (Lipinski definition) is 4. The highest BCUT2D eigenvalue weighted by Gasteiger charge is 2.43. The molecule has 2 atom stereocenters. The van der Waals surface area contributed by atoms with E-state index in [0.29, 0.717) is 18.8 Å². The lowest BCUT2D eigenvalue weighted by Gasteiger charge is -2.35. The van der Waals surface area contributed by atoms with Gasteiger partial charge in [0, 0.05) is 31.7 Å². The predicted octanol–water partition coefficient (Wildman–Crippen LogP) is 0.0345. The normalized spacial score (nSPS) is 23.0. The van der Waals surface area contributed by atoms with Crippen molar-refractivity contribution in [2.24, 2.45) is 5.92 Å². The van der Waals surface area contributed by atoms with Crippen LogP contribution >= 0.6 is 0 Å². The first-order valence-electron chi connectivity index (χ1n) is 7.85. The van der Waals surface area contributed by atoms with Gasteiger partial charge in [0.05, 0.1) is 18.4 Å². The lowest BCUT2D eigenvalue weighted by molar-refractivity contribution is -0.143. The molecule has 2 unspecified atom stereocenters. The average Bonchev–Trinajstić information content (AvgIpc) is 2.53. The highest BCUT2D eigenvalue weighted by molar-refractivity contribution is 6.31. The van der Waals surface area contributed by atoms with Crippen LogP contribution in [0.15, 0.2) is 6.07 Å². The quantitative estimate of drug-likeness (QED) is 0.563. The van der Waals surface area contributed by atoms with E-state index in [2.05, 4.69) is 10.6 Å². The molecule has 134 valence electrons. The molecule has 9 heteroatoms. The van der Waals surface area contributed by atoms with E-state index >= 15 is 0 Å². The van der Waals surface area contributed by atoms with Gasteiger partial charge in [-0.3, -0.25) is 14.4 Å². The van der Waals surface area contributed by atoms with Crippen molar-refractivity contribution in [3.63, 3.8) is 0 Å². The Labute approximate surface area is 143 Å². The molecule has 1 aromatic rings. The van der Waals surface area contributed by atoms with Crippen molar-refractivity contribution in [3.05, 3.63) is 11.6 Å². The number of anilines is 2. The zero-order valence-corrected chi connectivity index (χ0v) is 13.8. The minimum Gasteiger partial charge on any atom is -0.507 e. The van der Waals surface area contributed by atoms with Crippen molar-refractivity contribution in [3.8, 4) is 11.5 Å². The summed E-state index contributed by atoms with van der Waals surface area (Å²) in [4.78, 5) is 37.6. The summed E-state index contributed by atoms with van der Waals surface area (Å²) in [5.74, 6) is -5.50. The number of methoxy groups -OCH3 is 1. The third kappa shape index (κ3) is 2.76. The van der Waals surface area contributed by atoms with E-state index in [1.165, 1.54) is 13.2 Å². The van der Waals surface area contributed by atoms with Gasteiger partial charge in [-0.25, -0.2) is 0 Å². The van der Waals surface area contributed by atoms with Crippen molar-refractivity contribution in [2.45, 2.75) is 13.0 Å². The van der Waals surface area contributed by atoms with Crippen LogP contribution in [0.4, 0.5) is 11.4 Å². The van der Waals surface area contributed by atoms with Gasteiger partial charge in [-0.2, -0.15) is 0 Å². The first kappa shape index (κ1) is 17.0. The molecule has 0 radical (unpaired) electrons.